The van der Waals surface area contributed by atoms with Crippen LogP contribution in [0.2, 0.25) is 0 Å². The second kappa shape index (κ2) is 9.62. The lowest BCUT2D eigenvalue weighted by Gasteiger charge is -2.14. The molecule has 0 aliphatic heterocycles. The van der Waals surface area contributed by atoms with Crippen molar-refractivity contribution in [2.24, 2.45) is 0 Å². The van der Waals surface area contributed by atoms with Crippen LogP contribution in [-0.4, -0.2) is 36.6 Å². The Labute approximate surface area is 190 Å². The van der Waals surface area contributed by atoms with Gasteiger partial charge < -0.3 is 14.9 Å². The van der Waals surface area contributed by atoms with E-state index in [1.54, 1.807) is 26.0 Å². The number of hydrogen-bond donors (Lipinski definition) is 3. The van der Waals surface area contributed by atoms with Crippen molar-refractivity contribution >= 4 is 5.78 Å². The van der Waals surface area contributed by atoms with Crippen molar-refractivity contribution in [2.75, 3.05) is 0 Å². The molecule has 4 aromatic rings. The van der Waals surface area contributed by atoms with Gasteiger partial charge in [-0.1, -0.05) is 49.4 Å². The predicted molar refractivity (Wildman–Crippen MR) is 122 cm³/mol. The maximum atomic E-state index is 11.9. The summed E-state index contributed by atoms with van der Waals surface area (Å²) >= 11 is 0. The molecule has 8 nitrogen and oxygen atoms in total. The van der Waals surface area contributed by atoms with Crippen LogP contribution in [0.25, 0.3) is 11.4 Å². The third kappa shape index (κ3) is 4.75. The molecule has 8 heteroatoms. The van der Waals surface area contributed by atoms with Gasteiger partial charge in [-0.2, -0.15) is 0 Å². The smallest absolute Gasteiger partial charge is 0.179 e. The van der Waals surface area contributed by atoms with E-state index in [0.717, 1.165) is 22.3 Å². The van der Waals surface area contributed by atoms with Crippen LogP contribution in [0.5, 0.6) is 11.5 Å². The Balaban J connectivity index is 1.44. The van der Waals surface area contributed by atoms with Crippen molar-refractivity contribution in [3.63, 3.8) is 0 Å². The highest BCUT2D eigenvalue weighted by molar-refractivity contribution is 5.99. The Kier molecular flexibility index (Phi) is 6.46. The number of aliphatic hydroxyl groups excluding tert-OH is 1. The van der Waals surface area contributed by atoms with Gasteiger partial charge >= 0.3 is 0 Å². The molecule has 0 saturated carbocycles. The van der Waals surface area contributed by atoms with Crippen LogP contribution in [-0.2, 0) is 6.61 Å². The highest BCUT2D eigenvalue weighted by Gasteiger charge is 2.15. The number of carbonyl (C=O) groups is 1. The molecule has 3 N–H and O–H groups in total. The third-order valence-corrected chi connectivity index (χ3v) is 5.51. The first-order valence-corrected chi connectivity index (χ1v) is 10.6. The monoisotopic (exact) mass is 444 g/mol. The summed E-state index contributed by atoms with van der Waals surface area (Å²) in [4.78, 5) is 11.9. The minimum Gasteiger partial charge on any atom is -0.507 e. The fraction of sp³-hybridized carbons (Fsp3) is 0.200. The molecule has 0 spiro atoms. The number of ketones is 1. The molecule has 0 aliphatic carbocycles. The highest BCUT2D eigenvalue weighted by Crippen LogP contribution is 2.32. The standard InChI is InChI=1S/C25H24N4O4/c1-3-21(30)20-11-12-22(15(2)23(20)31)33-14-16-7-9-17(10-8-16)24(32)18-5-4-6-19(13-18)25-26-28-29-27-25/h4-13,24,31-32H,3,14H2,1-2H3,(H,26,27,28,29)/t24-/m1/s1. The number of benzene rings is 3. The van der Waals surface area contributed by atoms with Gasteiger partial charge in [-0.3, -0.25) is 4.79 Å². The quantitative estimate of drug-likeness (QED) is 0.349. The predicted octanol–water partition coefficient (Wildman–Crippen LogP) is 4.13. The van der Waals surface area contributed by atoms with Crippen molar-refractivity contribution in [1.29, 1.82) is 0 Å². The molecule has 33 heavy (non-hydrogen) atoms. The largest absolute Gasteiger partial charge is 0.507 e. The Bertz CT molecular complexity index is 1250. The number of tetrazole rings is 1. The molecule has 1 heterocycles. The van der Waals surface area contributed by atoms with Crippen molar-refractivity contribution in [3.8, 4) is 22.9 Å². The minimum absolute atomic E-state index is 0.0406. The maximum Gasteiger partial charge on any atom is 0.179 e. The second-order valence-electron chi connectivity index (χ2n) is 7.67. The fourth-order valence-corrected chi connectivity index (χ4v) is 3.54. The van der Waals surface area contributed by atoms with E-state index in [1.165, 1.54) is 0 Å². The number of aliphatic hydroxyl groups is 1. The Hall–Kier alpha value is -4.04. The van der Waals surface area contributed by atoms with Crippen LogP contribution in [0.3, 0.4) is 0 Å². The summed E-state index contributed by atoms with van der Waals surface area (Å²) in [6.07, 6.45) is -0.480. The van der Waals surface area contributed by atoms with Gasteiger partial charge in [-0.25, -0.2) is 5.10 Å². The van der Waals surface area contributed by atoms with Crippen LogP contribution in [0.1, 0.15) is 52.1 Å². The number of phenols is 1. The van der Waals surface area contributed by atoms with Gasteiger partial charge in [0.05, 0.1) is 5.56 Å². The number of phenolic OH excluding ortho intramolecular Hbond substituents is 1. The average molecular weight is 444 g/mol. The number of aromatic hydroxyl groups is 1. The molecule has 1 aromatic heterocycles. The van der Waals surface area contributed by atoms with Crippen molar-refractivity contribution < 1.29 is 19.7 Å². The SMILES string of the molecule is CCC(=O)c1ccc(OCc2ccc([C@@H](O)c3cccc(-c4nnn[nH]4)c3)cc2)c(C)c1O. The molecular formula is C25H24N4O4. The molecule has 0 amide bonds. The summed E-state index contributed by atoms with van der Waals surface area (Å²) < 4.78 is 5.86. The lowest BCUT2D eigenvalue weighted by Crippen LogP contribution is -2.03. The zero-order chi connectivity index (χ0) is 23.4. The normalized spacial score (nSPS) is 11.8. The molecule has 1 atom stereocenters. The van der Waals surface area contributed by atoms with Crippen LogP contribution in [0.4, 0.5) is 0 Å². The van der Waals surface area contributed by atoms with E-state index in [-0.39, 0.29) is 18.1 Å². The highest BCUT2D eigenvalue weighted by atomic mass is 16.5. The van der Waals surface area contributed by atoms with Crippen LogP contribution in [0.15, 0.2) is 60.7 Å². The van der Waals surface area contributed by atoms with E-state index >= 15 is 0 Å². The molecule has 0 aliphatic rings. The van der Waals surface area contributed by atoms with E-state index in [2.05, 4.69) is 20.6 Å². The van der Waals surface area contributed by atoms with Crippen LogP contribution >= 0.6 is 0 Å². The maximum absolute atomic E-state index is 11.9. The van der Waals surface area contributed by atoms with Crippen LogP contribution in [0, 0.1) is 6.92 Å². The topological polar surface area (TPSA) is 121 Å². The summed E-state index contributed by atoms with van der Waals surface area (Å²) in [5.74, 6) is 0.897. The average Bonchev–Trinajstić information content (AvgIpc) is 3.40. The zero-order valence-electron chi connectivity index (χ0n) is 18.3. The number of ether oxygens (including phenoxy) is 1. The van der Waals surface area contributed by atoms with Gasteiger partial charge in [0.15, 0.2) is 11.6 Å². The number of carbonyl (C=O) groups excluding carboxylic acids is 1. The first-order chi connectivity index (χ1) is 16.0. The van der Waals surface area contributed by atoms with E-state index in [0.29, 0.717) is 29.1 Å². The Morgan fingerprint density at radius 2 is 1.88 bits per heavy atom. The van der Waals surface area contributed by atoms with Gasteiger partial charge in [0.25, 0.3) is 0 Å². The lowest BCUT2D eigenvalue weighted by atomic mass is 9.98. The number of rotatable bonds is 8. The molecule has 0 bridgehead atoms. The molecule has 0 saturated heterocycles. The first kappa shape index (κ1) is 22.2. The number of H-pyrrole nitrogens is 1. The number of Topliss-reactive ketones (excluding diaryl/α,β-unsaturated/α-hetero) is 1. The van der Waals surface area contributed by atoms with Crippen molar-refractivity contribution in [3.05, 3.63) is 88.5 Å². The minimum atomic E-state index is -0.807. The van der Waals surface area contributed by atoms with Crippen molar-refractivity contribution in [1.82, 2.24) is 20.6 Å². The number of aromatic nitrogens is 4. The van der Waals surface area contributed by atoms with Gasteiger partial charge in [-0.05, 0) is 52.2 Å². The lowest BCUT2D eigenvalue weighted by molar-refractivity contribution is 0.0985. The zero-order valence-corrected chi connectivity index (χ0v) is 18.3. The summed E-state index contributed by atoms with van der Waals surface area (Å²) in [5, 5.41) is 34.9. The molecular weight excluding hydrogens is 420 g/mol. The summed E-state index contributed by atoms with van der Waals surface area (Å²) in [6, 6.07) is 18.1. The van der Waals surface area contributed by atoms with E-state index in [4.69, 9.17) is 4.74 Å². The fourth-order valence-electron chi connectivity index (χ4n) is 3.54. The van der Waals surface area contributed by atoms with E-state index in [1.807, 2.05) is 48.5 Å². The summed E-state index contributed by atoms with van der Waals surface area (Å²) in [5.41, 5.74) is 3.99. The Morgan fingerprint density at radius 3 is 2.58 bits per heavy atom. The molecule has 0 unspecified atom stereocenters. The van der Waals surface area contributed by atoms with Gasteiger partial charge in [0, 0.05) is 17.5 Å². The van der Waals surface area contributed by atoms with E-state index in [9.17, 15) is 15.0 Å². The third-order valence-electron chi connectivity index (χ3n) is 5.51. The molecule has 168 valence electrons. The Morgan fingerprint density at radius 1 is 1.09 bits per heavy atom. The molecule has 0 radical (unpaired) electrons. The first-order valence-electron chi connectivity index (χ1n) is 10.6. The molecule has 4 rings (SSSR count). The van der Waals surface area contributed by atoms with E-state index < -0.39 is 6.10 Å². The van der Waals surface area contributed by atoms with Gasteiger partial charge in [0.2, 0.25) is 0 Å². The number of nitrogens with one attached hydrogen (secondary N) is 1. The molecule has 3 aromatic carbocycles. The molecule has 0 fully saturated rings. The number of hydrogen-bond acceptors (Lipinski definition) is 7. The van der Waals surface area contributed by atoms with Crippen molar-refractivity contribution in [2.45, 2.75) is 33.0 Å². The number of aromatic amines is 1. The summed E-state index contributed by atoms with van der Waals surface area (Å²) in [6.45, 7) is 3.76. The summed E-state index contributed by atoms with van der Waals surface area (Å²) in [7, 11) is 0. The van der Waals surface area contributed by atoms with Gasteiger partial charge in [0.1, 0.15) is 24.2 Å². The second-order valence-corrected chi connectivity index (χ2v) is 7.67. The number of nitrogens with zero attached hydrogens (tertiary/aromatic N) is 3. The van der Waals surface area contributed by atoms with Crippen LogP contribution < -0.4 is 4.74 Å². The van der Waals surface area contributed by atoms with Gasteiger partial charge in [-0.15, -0.1) is 5.10 Å².